The van der Waals surface area contributed by atoms with E-state index in [1.165, 1.54) is 13.8 Å². The van der Waals surface area contributed by atoms with Crippen molar-refractivity contribution in [2.24, 2.45) is 5.92 Å². The molecule has 1 fully saturated rings. The first-order chi connectivity index (χ1) is 11.4. The van der Waals surface area contributed by atoms with E-state index in [9.17, 15) is 14.4 Å². The van der Waals surface area contributed by atoms with E-state index in [4.69, 9.17) is 16.3 Å². The fraction of sp³-hybridized carbons (Fsp3) is 0.471. The monoisotopic (exact) mass is 352 g/mol. The molecule has 1 aromatic rings. The smallest absolute Gasteiger partial charge is 0.311 e. The van der Waals surface area contributed by atoms with Gasteiger partial charge < -0.3 is 15.0 Å². The van der Waals surface area contributed by atoms with Crippen molar-refractivity contribution in [3.63, 3.8) is 0 Å². The molecule has 7 heteroatoms. The zero-order valence-electron chi connectivity index (χ0n) is 13.8. The van der Waals surface area contributed by atoms with E-state index in [2.05, 4.69) is 5.32 Å². The number of hydrogen-bond donors (Lipinski definition) is 1. The molecule has 0 unspecified atom stereocenters. The molecular weight excluding hydrogens is 332 g/mol. The minimum Gasteiger partial charge on any atom is -0.452 e. The number of ether oxygens (including phenoxy) is 1. The van der Waals surface area contributed by atoms with Crippen LogP contribution >= 0.6 is 11.6 Å². The number of carbonyl (C=O) groups is 3. The van der Waals surface area contributed by atoms with Crippen molar-refractivity contribution in [3.05, 3.63) is 29.3 Å². The zero-order chi connectivity index (χ0) is 17.7. The summed E-state index contributed by atoms with van der Waals surface area (Å²) in [5.41, 5.74) is 0.577. The van der Waals surface area contributed by atoms with Crippen LogP contribution in [0.5, 0.6) is 0 Å². The van der Waals surface area contributed by atoms with Gasteiger partial charge in [0.1, 0.15) is 0 Å². The maximum atomic E-state index is 12.2. The maximum absolute atomic E-state index is 12.2. The molecule has 1 aromatic carbocycles. The van der Waals surface area contributed by atoms with Crippen molar-refractivity contribution in [2.45, 2.75) is 32.8 Å². The SMILES string of the molecule is CC(=O)N1CCC[C@@H](C(=O)O[C@H](C)C(=O)Nc2ccc(Cl)cc2)C1. The molecule has 0 radical (unpaired) electrons. The van der Waals surface area contributed by atoms with Crippen LogP contribution in [0.2, 0.25) is 5.02 Å². The van der Waals surface area contributed by atoms with Crippen molar-refractivity contribution in [1.29, 1.82) is 0 Å². The summed E-state index contributed by atoms with van der Waals surface area (Å²) < 4.78 is 5.26. The van der Waals surface area contributed by atoms with Crippen molar-refractivity contribution in [2.75, 3.05) is 18.4 Å². The Morgan fingerprint density at radius 1 is 1.29 bits per heavy atom. The van der Waals surface area contributed by atoms with E-state index in [1.54, 1.807) is 29.2 Å². The number of halogens is 1. The van der Waals surface area contributed by atoms with Gasteiger partial charge in [-0.2, -0.15) is 0 Å². The first kappa shape index (κ1) is 18.3. The van der Waals surface area contributed by atoms with Crippen molar-refractivity contribution < 1.29 is 19.1 Å². The fourth-order valence-electron chi connectivity index (χ4n) is 2.56. The van der Waals surface area contributed by atoms with Crippen LogP contribution in [0.15, 0.2) is 24.3 Å². The maximum Gasteiger partial charge on any atom is 0.311 e. The number of carbonyl (C=O) groups excluding carboxylic acids is 3. The first-order valence-corrected chi connectivity index (χ1v) is 8.27. The van der Waals surface area contributed by atoms with Gasteiger partial charge in [-0.1, -0.05) is 11.6 Å². The minimum absolute atomic E-state index is 0.0546. The summed E-state index contributed by atoms with van der Waals surface area (Å²) in [5, 5.41) is 3.23. The zero-order valence-corrected chi connectivity index (χ0v) is 14.5. The summed E-state index contributed by atoms with van der Waals surface area (Å²) in [7, 11) is 0. The Labute approximate surface area is 146 Å². The number of rotatable bonds is 4. The van der Waals surface area contributed by atoms with Gasteiger partial charge >= 0.3 is 5.97 Å². The first-order valence-electron chi connectivity index (χ1n) is 7.89. The molecule has 24 heavy (non-hydrogen) atoms. The summed E-state index contributed by atoms with van der Waals surface area (Å²) in [5.74, 6) is -1.29. The third-order valence-electron chi connectivity index (χ3n) is 3.97. The van der Waals surface area contributed by atoms with Gasteiger partial charge in [0.05, 0.1) is 5.92 Å². The van der Waals surface area contributed by atoms with Gasteiger partial charge in [0, 0.05) is 30.7 Å². The number of benzene rings is 1. The number of hydrogen-bond acceptors (Lipinski definition) is 4. The Morgan fingerprint density at radius 3 is 2.58 bits per heavy atom. The molecule has 1 saturated heterocycles. The molecule has 2 rings (SSSR count). The van der Waals surface area contributed by atoms with Crippen LogP contribution in [0.3, 0.4) is 0 Å². The summed E-state index contributed by atoms with van der Waals surface area (Å²) in [6.45, 7) is 4.01. The van der Waals surface area contributed by atoms with Crippen LogP contribution in [-0.2, 0) is 19.1 Å². The topological polar surface area (TPSA) is 75.7 Å². The molecule has 130 valence electrons. The fourth-order valence-corrected chi connectivity index (χ4v) is 2.68. The predicted molar refractivity (Wildman–Crippen MR) is 90.6 cm³/mol. The Morgan fingerprint density at radius 2 is 1.96 bits per heavy atom. The highest BCUT2D eigenvalue weighted by molar-refractivity contribution is 6.30. The molecular formula is C17H21ClN2O4. The lowest BCUT2D eigenvalue weighted by Gasteiger charge is -2.31. The number of nitrogens with zero attached hydrogens (tertiary/aromatic N) is 1. The van der Waals surface area contributed by atoms with Gasteiger partial charge in [-0.25, -0.2) is 0 Å². The Balaban J connectivity index is 1.87. The highest BCUT2D eigenvalue weighted by Gasteiger charge is 2.30. The molecule has 0 aromatic heterocycles. The van der Waals surface area contributed by atoms with Crippen LogP contribution in [-0.4, -0.2) is 41.9 Å². The van der Waals surface area contributed by atoms with E-state index in [0.717, 1.165) is 6.42 Å². The largest absolute Gasteiger partial charge is 0.452 e. The molecule has 0 saturated carbocycles. The van der Waals surface area contributed by atoms with Gasteiger partial charge in [-0.05, 0) is 44.0 Å². The molecule has 0 spiro atoms. The van der Waals surface area contributed by atoms with Crippen molar-refractivity contribution in [3.8, 4) is 0 Å². The molecule has 1 aliphatic heterocycles. The lowest BCUT2D eigenvalue weighted by molar-refractivity contribution is -0.159. The highest BCUT2D eigenvalue weighted by atomic mass is 35.5. The second kappa shape index (κ2) is 8.15. The number of piperidine rings is 1. The highest BCUT2D eigenvalue weighted by Crippen LogP contribution is 2.19. The lowest BCUT2D eigenvalue weighted by atomic mass is 9.98. The molecule has 0 aliphatic carbocycles. The van der Waals surface area contributed by atoms with Crippen LogP contribution < -0.4 is 5.32 Å². The van der Waals surface area contributed by atoms with Crippen LogP contribution in [0.25, 0.3) is 0 Å². The summed E-state index contributed by atoms with van der Waals surface area (Å²) in [6.07, 6.45) is 0.500. The second-order valence-corrected chi connectivity index (χ2v) is 6.32. The standard InChI is InChI=1S/C17H21ClN2O4/c1-11(16(22)19-15-7-5-14(18)6-8-15)24-17(23)13-4-3-9-20(10-13)12(2)21/h5-8,11,13H,3-4,9-10H2,1-2H3,(H,19,22)/t11-,13-/m1/s1. The van der Waals surface area contributed by atoms with Crippen LogP contribution in [0, 0.1) is 5.92 Å². The van der Waals surface area contributed by atoms with Crippen molar-refractivity contribution >= 4 is 35.1 Å². The Kier molecular flexibility index (Phi) is 6.20. The number of esters is 1. The predicted octanol–water partition coefficient (Wildman–Crippen LogP) is 2.47. The van der Waals surface area contributed by atoms with Gasteiger partial charge in [-0.15, -0.1) is 0 Å². The minimum atomic E-state index is -0.916. The molecule has 2 atom stereocenters. The Bertz CT molecular complexity index is 618. The normalized spacial score (nSPS) is 18.6. The number of likely N-dealkylation sites (tertiary alicyclic amines) is 1. The lowest BCUT2D eigenvalue weighted by Crippen LogP contribution is -2.43. The van der Waals surface area contributed by atoms with Crippen LogP contribution in [0.1, 0.15) is 26.7 Å². The van der Waals surface area contributed by atoms with E-state index >= 15 is 0 Å². The van der Waals surface area contributed by atoms with Gasteiger partial charge in [-0.3, -0.25) is 14.4 Å². The van der Waals surface area contributed by atoms with Gasteiger partial charge in [0.25, 0.3) is 5.91 Å². The molecule has 6 nitrogen and oxygen atoms in total. The van der Waals surface area contributed by atoms with Crippen LogP contribution in [0.4, 0.5) is 5.69 Å². The quantitative estimate of drug-likeness (QED) is 0.844. The molecule has 0 bridgehead atoms. The number of amides is 2. The molecule has 1 aliphatic rings. The summed E-state index contributed by atoms with van der Waals surface area (Å²) in [4.78, 5) is 37.4. The molecule has 1 heterocycles. The average molecular weight is 353 g/mol. The van der Waals surface area contributed by atoms with Gasteiger partial charge in [0.2, 0.25) is 5.91 Å². The van der Waals surface area contributed by atoms with Crippen molar-refractivity contribution in [1.82, 2.24) is 4.90 Å². The summed E-state index contributed by atoms with van der Waals surface area (Å²) >= 11 is 5.79. The number of anilines is 1. The third kappa shape index (κ3) is 4.96. The summed E-state index contributed by atoms with van der Waals surface area (Å²) in [6, 6.07) is 6.65. The Hall–Kier alpha value is -2.08. The van der Waals surface area contributed by atoms with E-state index < -0.39 is 18.0 Å². The van der Waals surface area contributed by atoms with E-state index in [-0.39, 0.29) is 11.8 Å². The molecule has 2 amide bonds. The van der Waals surface area contributed by atoms with E-state index in [1.807, 2.05) is 0 Å². The van der Waals surface area contributed by atoms with E-state index in [0.29, 0.717) is 30.2 Å². The number of nitrogens with one attached hydrogen (secondary N) is 1. The third-order valence-corrected chi connectivity index (χ3v) is 4.23. The van der Waals surface area contributed by atoms with Gasteiger partial charge in [0.15, 0.2) is 6.10 Å². The molecule has 1 N–H and O–H groups in total. The second-order valence-electron chi connectivity index (χ2n) is 5.88. The average Bonchev–Trinajstić information content (AvgIpc) is 2.56.